The molecule has 1 aromatic heterocycles. The lowest BCUT2D eigenvalue weighted by Gasteiger charge is -2.11. The standard InChI is InChI=1S/C11H10FNOS/c12-7-3-4-9(13)8(6-7)11(14)10-2-1-5-15-10/h1-6,11,14H,13H2. The van der Waals surface area contributed by atoms with Crippen LogP contribution in [0.3, 0.4) is 0 Å². The number of aliphatic hydroxyl groups excluding tert-OH is 1. The molecule has 0 saturated heterocycles. The van der Waals surface area contributed by atoms with Crippen LogP contribution in [-0.2, 0) is 0 Å². The molecule has 0 amide bonds. The molecule has 0 saturated carbocycles. The average molecular weight is 223 g/mol. The molecule has 1 aromatic carbocycles. The zero-order valence-corrected chi connectivity index (χ0v) is 8.67. The quantitative estimate of drug-likeness (QED) is 0.768. The van der Waals surface area contributed by atoms with Crippen molar-refractivity contribution < 1.29 is 9.50 Å². The Morgan fingerprint density at radius 1 is 1.33 bits per heavy atom. The average Bonchev–Trinajstić information content (AvgIpc) is 2.74. The highest BCUT2D eigenvalue weighted by Gasteiger charge is 2.14. The summed E-state index contributed by atoms with van der Waals surface area (Å²) in [5.41, 5.74) is 6.49. The third-order valence-electron chi connectivity index (χ3n) is 2.16. The Morgan fingerprint density at radius 2 is 2.13 bits per heavy atom. The van der Waals surface area contributed by atoms with Gasteiger partial charge in [0, 0.05) is 16.1 Å². The van der Waals surface area contributed by atoms with Crippen LogP contribution in [0.25, 0.3) is 0 Å². The predicted octanol–water partition coefficient (Wildman–Crippen LogP) is 2.55. The maximum Gasteiger partial charge on any atom is 0.123 e. The summed E-state index contributed by atoms with van der Waals surface area (Å²) >= 11 is 1.41. The first kappa shape index (κ1) is 10.1. The predicted molar refractivity (Wildman–Crippen MR) is 59.2 cm³/mol. The topological polar surface area (TPSA) is 46.2 Å². The van der Waals surface area contributed by atoms with Gasteiger partial charge < -0.3 is 10.8 Å². The molecule has 0 aliphatic heterocycles. The first-order chi connectivity index (χ1) is 7.18. The largest absolute Gasteiger partial charge is 0.398 e. The third kappa shape index (κ3) is 2.00. The number of rotatable bonds is 2. The smallest absolute Gasteiger partial charge is 0.123 e. The summed E-state index contributed by atoms with van der Waals surface area (Å²) in [6.45, 7) is 0. The fraction of sp³-hybridized carbons (Fsp3) is 0.0909. The van der Waals surface area contributed by atoms with Crippen LogP contribution < -0.4 is 5.73 Å². The Balaban J connectivity index is 2.41. The fourth-order valence-corrected chi connectivity index (χ4v) is 2.11. The molecule has 0 bridgehead atoms. The second-order valence-electron chi connectivity index (χ2n) is 3.19. The summed E-state index contributed by atoms with van der Waals surface area (Å²) in [5, 5.41) is 11.8. The van der Waals surface area contributed by atoms with Crippen LogP contribution in [0.15, 0.2) is 35.7 Å². The fourth-order valence-electron chi connectivity index (χ4n) is 1.38. The van der Waals surface area contributed by atoms with Gasteiger partial charge in [0.05, 0.1) is 0 Å². The number of thiophene rings is 1. The number of benzene rings is 1. The van der Waals surface area contributed by atoms with E-state index in [4.69, 9.17) is 5.73 Å². The van der Waals surface area contributed by atoms with E-state index in [9.17, 15) is 9.50 Å². The molecule has 4 heteroatoms. The lowest BCUT2D eigenvalue weighted by molar-refractivity contribution is 0.224. The monoisotopic (exact) mass is 223 g/mol. The molecule has 78 valence electrons. The molecule has 1 heterocycles. The SMILES string of the molecule is Nc1ccc(F)cc1C(O)c1cccs1. The van der Waals surface area contributed by atoms with Crippen molar-refractivity contribution >= 4 is 17.0 Å². The van der Waals surface area contributed by atoms with Crippen molar-refractivity contribution in [1.82, 2.24) is 0 Å². The van der Waals surface area contributed by atoms with E-state index in [1.165, 1.54) is 29.5 Å². The number of anilines is 1. The number of aliphatic hydroxyl groups is 1. The van der Waals surface area contributed by atoms with Crippen molar-refractivity contribution in [3.8, 4) is 0 Å². The number of halogens is 1. The molecule has 2 rings (SSSR count). The zero-order valence-electron chi connectivity index (χ0n) is 7.85. The van der Waals surface area contributed by atoms with Gasteiger partial charge in [-0.25, -0.2) is 4.39 Å². The van der Waals surface area contributed by atoms with Gasteiger partial charge in [0.1, 0.15) is 11.9 Å². The minimum atomic E-state index is -0.847. The minimum Gasteiger partial charge on any atom is -0.398 e. The van der Waals surface area contributed by atoms with E-state index >= 15 is 0 Å². The number of nitrogens with two attached hydrogens (primary N) is 1. The van der Waals surface area contributed by atoms with Gasteiger partial charge in [-0.3, -0.25) is 0 Å². The number of hydrogen-bond donors (Lipinski definition) is 2. The van der Waals surface area contributed by atoms with Crippen molar-refractivity contribution in [3.63, 3.8) is 0 Å². The van der Waals surface area contributed by atoms with Crippen molar-refractivity contribution in [2.45, 2.75) is 6.10 Å². The van der Waals surface area contributed by atoms with E-state index in [0.29, 0.717) is 11.3 Å². The van der Waals surface area contributed by atoms with E-state index in [0.717, 1.165) is 4.88 Å². The Hall–Kier alpha value is -1.39. The summed E-state index contributed by atoms with van der Waals surface area (Å²) in [6.07, 6.45) is -0.847. The van der Waals surface area contributed by atoms with Gasteiger partial charge in [0.2, 0.25) is 0 Å². The van der Waals surface area contributed by atoms with Crippen LogP contribution in [0.4, 0.5) is 10.1 Å². The van der Waals surface area contributed by atoms with E-state index in [2.05, 4.69) is 0 Å². The molecule has 2 aromatic rings. The zero-order chi connectivity index (χ0) is 10.8. The molecule has 0 radical (unpaired) electrons. The van der Waals surface area contributed by atoms with Gasteiger partial charge in [0.25, 0.3) is 0 Å². The van der Waals surface area contributed by atoms with Crippen LogP contribution in [-0.4, -0.2) is 5.11 Å². The third-order valence-corrected chi connectivity index (χ3v) is 3.08. The molecule has 2 nitrogen and oxygen atoms in total. The second kappa shape index (κ2) is 4.00. The first-order valence-electron chi connectivity index (χ1n) is 4.45. The number of nitrogen functional groups attached to an aromatic ring is 1. The van der Waals surface area contributed by atoms with Gasteiger partial charge in [0.15, 0.2) is 0 Å². The maximum absolute atomic E-state index is 13.0. The highest BCUT2D eigenvalue weighted by Crippen LogP contribution is 2.29. The molecule has 0 aliphatic rings. The maximum atomic E-state index is 13.0. The highest BCUT2D eigenvalue weighted by molar-refractivity contribution is 7.10. The van der Waals surface area contributed by atoms with Crippen LogP contribution in [0.2, 0.25) is 0 Å². The molecule has 3 N–H and O–H groups in total. The lowest BCUT2D eigenvalue weighted by atomic mass is 10.1. The van der Waals surface area contributed by atoms with E-state index in [1.807, 2.05) is 11.4 Å². The van der Waals surface area contributed by atoms with Gasteiger partial charge in [-0.2, -0.15) is 0 Å². The summed E-state index contributed by atoms with van der Waals surface area (Å²) in [5.74, 6) is -0.394. The van der Waals surface area contributed by atoms with Crippen LogP contribution in [0.1, 0.15) is 16.5 Å². The van der Waals surface area contributed by atoms with Gasteiger partial charge in [-0.15, -0.1) is 11.3 Å². The summed E-state index contributed by atoms with van der Waals surface area (Å²) in [4.78, 5) is 0.757. The highest BCUT2D eigenvalue weighted by atomic mass is 32.1. The minimum absolute atomic E-state index is 0.394. The van der Waals surface area contributed by atoms with Crippen molar-refractivity contribution in [3.05, 3.63) is 52.0 Å². The molecule has 0 fully saturated rings. The first-order valence-corrected chi connectivity index (χ1v) is 5.33. The van der Waals surface area contributed by atoms with Gasteiger partial charge in [-0.05, 0) is 29.6 Å². The molecule has 1 unspecified atom stereocenters. The van der Waals surface area contributed by atoms with E-state index < -0.39 is 11.9 Å². The second-order valence-corrected chi connectivity index (χ2v) is 4.17. The Labute approximate surface area is 90.8 Å². The Bertz CT molecular complexity index is 456. The van der Waals surface area contributed by atoms with Crippen LogP contribution in [0.5, 0.6) is 0 Å². The number of hydrogen-bond acceptors (Lipinski definition) is 3. The van der Waals surface area contributed by atoms with Gasteiger partial charge in [-0.1, -0.05) is 6.07 Å². The molecular weight excluding hydrogens is 213 g/mol. The van der Waals surface area contributed by atoms with Crippen molar-refractivity contribution in [1.29, 1.82) is 0 Å². The van der Waals surface area contributed by atoms with Crippen LogP contribution >= 0.6 is 11.3 Å². The lowest BCUT2D eigenvalue weighted by Crippen LogP contribution is -2.02. The van der Waals surface area contributed by atoms with Crippen molar-refractivity contribution in [2.75, 3.05) is 5.73 Å². The Morgan fingerprint density at radius 3 is 2.80 bits per heavy atom. The van der Waals surface area contributed by atoms with E-state index in [1.54, 1.807) is 6.07 Å². The molecule has 0 spiro atoms. The summed E-state index contributed by atoms with van der Waals surface area (Å²) in [7, 11) is 0. The Kier molecular flexibility index (Phi) is 2.70. The molecule has 0 aliphatic carbocycles. The summed E-state index contributed by atoms with van der Waals surface area (Å²) in [6, 6.07) is 7.62. The van der Waals surface area contributed by atoms with E-state index in [-0.39, 0.29) is 0 Å². The van der Waals surface area contributed by atoms with Gasteiger partial charge >= 0.3 is 0 Å². The van der Waals surface area contributed by atoms with Crippen LogP contribution in [0, 0.1) is 5.82 Å². The normalized spacial score (nSPS) is 12.7. The molecule has 15 heavy (non-hydrogen) atoms. The molecule has 1 atom stereocenters. The van der Waals surface area contributed by atoms with Crippen molar-refractivity contribution in [2.24, 2.45) is 0 Å². The summed E-state index contributed by atoms with van der Waals surface area (Å²) < 4.78 is 13.0. The molecular formula is C11H10FNOS.